The van der Waals surface area contributed by atoms with Gasteiger partial charge in [-0.15, -0.1) is 0 Å². The van der Waals surface area contributed by atoms with Crippen LogP contribution in [0.4, 0.5) is 5.69 Å². The summed E-state index contributed by atoms with van der Waals surface area (Å²) in [6.45, 7) is 5.01. The number of para-hydroxylation sites is 2. The normalized spacial score (nSPS) is 17.5. The van der Waals surface area contributed by atoms with Crippen LogP contribution in [0.3, 0.4) is 0 Å². The second-order valence-electron chi connectivity index (χ2n) is 5.94. The molecule has 0 atom stereocenters. The van der Waals surface area contributed by atoms with Gasteiger partial charge in [0.1, 0.15) is 5.75 Å². The molecule has 5 nitrogen and oxygen atoms in total. The standard InChI is InChI=1S/C18H20N2O3/c21-16-4-2-1-3-15(16)20-9-7-19(8-10-20)12-14-5-6-17-18(11-14)23-13-22-17/h1-6,11,21H,7-10,12-13H2. The first-order valence-electron chi connectivity index (χ1n) is 7.93. The minimum absolute atomic E-state index is 0.317. The third-order valence-corrected chi connectivity index (χ3v) is 4.44. The fourth-order valence-electron chi connectivity index (χ4n) is 3.18. The molecule has 0 aliphatic carbocycles. The van der Waals surface area contributed by atoms with Crippen LogP contribution in [0.15, 0.2) is 42.5 Å². The van der Waals surface area contributed by atoms with Crippen LogP contribution in [0.2, 0.25) is 0 Å². The summed E-state index contributed by atoms with van der Waals surface area (Å²) >= 11 is 0. The molecular weight excluding hydrogens is 292 g/mol. The van der Waals surface area contributed by atoms with E-state index in [2.05, 4.69) is 21.9 Å². The Labute approximate surface area is 135 Å². The summed E-state index contributed by atoms with van der Waals surface area (Å²) in [6.07, 6.45) is 0. The molecule has 0 saturated carbocycles. The van der Waals surface area contributed by atoms with Crippen molar-refractivity contribution in [1.82, 2.24) is 4.90 Å². The van der Waals surface area contributed by atoms with Gasteiger partial charge in [0.2, 0.25) is 6.79 Å². The fraction of sp³-hybridized carbons (Fsp3) is 0.333. The molecule has 0 unspecified atom stereocenters. The van der Waals surface area contributed by atoms with Crippen molar-refractivity contribution in [1.29, 1.82) is 0 Å². The number of phenolic OH excluding ortho intramolecular Hbond substituents is 1. The molecule has 0 radical (unpaired) electrons. The first-order chi connectivity index (χ1) is 11.3. The van der Waals surface area contributed by atoms with Crippen molar-refractivity contribution in [3.63, 3.8) is 0 Å². The Morgan fingerprint density at radius 1 is 0.913 bits per heavy atom. The predicted octanol–water partition coefficient (Wildman–Crippen LogP) is 2.44. The highest BCUT2D eigenvalue weighted by atomic mass is 16.7. The lowest BCUT2D eigenvalue weighted by atomic mass is 10.1. The van der Waals surface area contributed by atoms with Gasteiger partial charge in [-0.1, -0.05) is 18.2 Å². The first kappa shape index (κ1) is 14.2. The topological polar surface area (TPSA) is 45.2 Å². The van der Waals surface area contributed by atoms with E-state index in [1.165, 1.54) is 5.56 Å². The van der Waals surface area contributed by atoms with Crippen molar-refractivity contribution in [3.05, 3.63) is 48.0 Å². The molecule has 0 bridgehead atoms. The number of ether oxygens (including phenoxy) is 2. The third kappa shape index (κ3) is 2.92. The molecule has 0 aromatic heterocycles. The molecule has 2 aromatic carbocycles. The van der Waals surface area contributed by atoms with E-state index in [0.29, 0.717) is 12.5 Å². The van der Waals surface area contributed by atoms with E-state index in [4.69, 9.17) is 9.47 Å². The van der Waals surface area contributed by atoms with Crippen LogP contribution in [0.5, 0.6) is 17.2 Å². The number of anilines is 1. The van der Waals surface area contributed by atoms with E-state index < -0.39 is 0 Å². The Kier molecular flexibility index (Phi) is 3.71. The van der Waals surface area contributed by atoms with Gasteiger partial charge < -0.3 is 19.5 Å². The van der Waals surface area contributed by atoms with Crippen molar-refractivity contribution in [3.8, 4) is 17.2 Å². The molecule has 0 spiro atoms. The highest BCUT2D eigenvalue weighted by Crippen LogP contribution is 2.33. The maximum atomic E-state index is 9.97. The van der Waals surface area contributed by atoms with Crippen LogP contribution in [-0.4, -0.2) is 43.0 Å². The van der Waals surface area contributed by atoms with E-state index in [-0.39, 0.29) is 0 Å². The minimum atomic E-state index is 0.317. The minimum Gasteiger partial charge on any atom is -0.506 e. The van der Waals surface area contributed by atoms with E-state index in [9.17, 15) is 5.11 Å². The van der Waals surface area contributed by atoms with Gasteiger partial charge >= 0.3 is 0 Å². The monoisotopic (exact) mass is 312 g/mol. The van der Waals surface area contributed by atoms with Gasteiger partial charge in [-0.05, 0) is 29.8 Å². The average Bonchev–Trinajstić information content (AvgIpc) is 3.04. The van der Waals surface area contributed by atoms with Crippen molar-refractivity contribution in [2.45, 2.75) is 6.54 Å². The summed E-state index contributed by atoms with van der Waals surface area (Å²) in [4.78, 5) is 4.67. The van der Waals surface area contributed by atoms with E-state index in [1.807, 2.05) is 24.3 Å². The number of hydrogen-bond donors (Lipinski definition) is 1. The van der Waals surface area contributed by atoms with Gasteiger partial charge in [0, 0.05) is 32.7 Å². The molecule has 4 rings (SSSR count). The number of rotatable bonds is 3. The molecule has 2 aliphatic heterocycles. The Hall–Kier alpha value is -2.40. The van der Waals surface area contributed by atoms with Crippen LogP contribution in [-0.2, 0) is 6.54 Å². The van der Waals surface area contributed by atoms with Crippen molar-refractivity contribution in [2.75, 3.05) is 37.9 Å². The van der Waals surface area contributed by atoms with Crippen LogP contribution in [0.1, 0.15) is 5.56 Å². The molecule has 0 amide bonds. The highest BCUT2D eigenvalue weighted by Gasteiger charge is 2.20. The van der Waals surface area contributed by atoms with Crippen LogP contribution in [0, 0.1) is 0 Å². The molecule has 2 aliphatic rings. The zero-order valence-electron chi connectivity index (χ0n) is 12.9. The summed E-state index contributed by atoms with van der Waals surface area (Å²) in [6, 6.07) is 13.7. The quantitative estimate of drug-likeness (QED) is 0.943. The molecule has 1 saturated heterocycles. The van der Waals surface area contributed by atoms with E-state index in [1.54, 1.807) is 6.07 Å². The summed E-state index contributed by atoms with van der Waals surface area (Å²) in [5, 5.41) is 9.97. The molecule has 1 fully saturated rings. The van der Waals surface area contributed by atoms with Gasteiger partial charge in [-0.3, -0.25) is 4.90 Å². The van der Waals surface area contributed by atoms with Gasteiger partial charge in [0.15, 0.2) is 11.5 Å². The largest absolute Gasteiger partial charge is 0.506 e. The summed E-state index contributed by atoms with van der Waals surface area (Å²) in [5.41, 5.74) is 2.17. The summed E-state index contributed by atoms with van der Waals surface area (Å²) in [7, 11) is 0. The number of hydrogen-bond acceptors (Lipinski definition) is 5. The molecule has 23 heavy (non-hydrogen) atoms. The molecule has 2 aromatic rings. The zero-order valence-corrected chi connectivity index (χ0v) is 12.9. The van der Waals surface area contributed by atoms with Crippen LogP contribution < -0.4 is 14.4 Å². The number of fused-ring (bicyclic) bond motifs is 1. The lowest BCUT2D eigenvalue weighted by molar-refractivity contribution is 0.174. The number of aromatic hydroxyl groups is 1. The van der Waals surface area contributed by atoms with Crippen molar-refractivity contribution in [2.24, 2.45) is 0 Å². The molecule has 2 heterocycles. The Morgan fingerprint density at radius 3 is 2.52 bits per heavy atom. The number of phenols is 1. The lowest BCUT2D eigenvalue weighted by Crippen LogP contribution is -2.45. The maximum Gasteiger partial charge on any atom is 0.231 e. The second-order valence-corrected chi connectivity index (χ2v) is 5.94. The van der Waals surface area contributed by atoms with Crippen molar-refractivity contribution < 1.29 is 14.6 Å². The third-order valence-electron chi connectivity index (χ3n) is 4.44. The summed E-state index contributed by atoms with van der Waals surface area (Å²) in [5.74, 6) is 2.03. The Balaban J connectivity index is 1.37. The van der Waals surface area contributed by atoms with Crippen LogP contribution in [0.25, 0.3) is 0 Å². The number of piperazine rings is 1. The molecule has 1 N–H and O–H groups in total. The summed E-state index contributed by atoms with van der Waals surface area (Å²) < 4.78 is 10.8. The zero-order chi connectivity index (χ0) is 15.6. The number of benzene rings is 2. The first-order valence-corrected chi connectivity index (χ1v) is 7.93. The Bertz CT molecular complexity index is 696. The molecule has 120 valence electrons. The van der Waals surface area contributed by atoms with E-state index >= 15 is 0 Å². The lowest BCUT2D eigenvalue weighted by Gasteiger charge is -2.36. The van der Waals surface area contributed by atoms with Crippen LogP contribution >= 0.6 is 0 Å². The van der Waals surface area contributed by atoms with Gasteiger partial charge in [0.25, 0.3) is 0 Å². The van der Waals surface area contributed by atoms with Gasteiger partial charge in [-0.25, -0.2) is 0 Å². The SMILES string of the molecule is Oc1ccccc1N1CCN(Cc2ccc3c(c2)OCO3)CC1. The molecular formula is C18H20N2O3. The fourth-order valence-corrected chi connectivity index (χ4v) is 3.18. The van der Waals surface area contributed by atoms with Gasteiger partial charge in [0.05, 0.1) is 5.69 Å². The van der Waals surface area contributed by atoms with Gasteiger partial charge in [-0.2, -0.15) is 0 Å². The second kappa shape index (κ2) is 6.01. The van der Waals surface area contributed by atoms with Crippen molar-refractivity contribution >= 4 is 5.69 Å². The Morgan fingerprint density at radius 2 is 1.70 bits per heavy atom. The maximum absolute atomic E-state index is 9.97. The average molecular weight is 312 g/mol. The predicted molar refractivity (Wildman–Crippen MR) is 88.2 cm³/mol. The number of nitrogens with zero attached hydrogens (tertiary/aromatic N) is 2. The molecule has 5 heteroatoms. The smallest absolute Gasteiger partial charge is 0.231 e. The van der Waals surface area contributed by atoms with E-state index in [0.717, 1.165) is 49.9 Å². The highest BCUT2D eigenvalue weighted by molar-refractivity contribution is 5.57.